The van der Waals surface area contributed by atoms with Crippen LogP contribution in [0.3, 0.4) is 0 Å². The Morgan fingerprint density at radius 3 is 1.79 bits per heavy atom. The van der Waals surface area contributed by atoms with Crippen molar-refractivity contribution >= 4 is 62.7 Å². The Morgan fingerprint density at radius 1 is 0.606 bits per heavy atom. The number of hydrogen-bond donors (Lipinski definition) is 5. The molecule has 7 aromatic rings. The van der Waals surface area contributed by atoms with Crippen molar-refractivity contribution in [3.63, 3.8) is 0 Å². The first-order valence-electron chi connectivity index (χ1n) is 21.5. The van der Waals surface area contributed by atoms with E-state index in [9.17, 15) is 9.59 Å². The van der Waals surface area contributed by atoms with Crippen LogP contribution in [0.15, 0.2) is 60.5 Å². The first-order chi connectivity index (χ1) is 30.9. The van der Waals surface area contributed by atoms with E-state index in [1.165, 1.54) is 10.9 Å². The number of fused-ring (bicyclic) bond motifs is 3. The van der Waals surface area contributed by atoms with Gasteiger partial charge in [0, 0.05) is 76.6 Å². The third kappa shape index (κ3) is 12.4. The van der Waals surface area contributed by atoms with Gasteiger partial charge >= 0.3 is 5.69 Å². The van der Waals surface area contributed by atoms with Crippen molar-refractivity contribution in [1.82, 2.24) is 78.3 Å². The summed E-state index contributed by atoms with van der Waals surface area (Å²) in [6.45, 7) is 24.1. The summed E-state index contributed by atoms with van der Waals surface area (Å²) >= 11 is 0. The molecule has 22 heteroatoms. The van der Waals surface area contributed by atoms with Gasteiger partial charge in [-0.25, -0.2) is 49.7 Å². The molecule has 0 radical (unpaired) electrons. The lowest BCUT2D eigenvalue weighted by Crippen LogP contribution is -2.37. The molecule has 0 aromatic carbocycles. The molecule has 0 bridgehead atoms. The Bertz CT molecular complexity index is 2880. The molecule has 354 valence electrons. The molecule has 0 spiro atoms. The molecule has 8 rings (SSSR count). The van der Waals surface area contributed by atoms with Crippen molar-refractivity contribution in [3.8, 4) is 0 Å². The van der Waals surface area contributed by atoms with Gasteiger partial charge in [0.25, 0.3) is 5.91 Å². The van der Waals surface area contributed by atoms with E-state index in [1.54, 1.807) is 32.2 Å². The van der Waals surface area contributed by atoms with E-state index < -0.39 is 0 Å². The van der Waals surface area contributed by atoms with Gasteiger partial charge in [0.1, 0.15) is 47.0 Å². The van der Waals surface area contributed by atoms with Gasteiger partial charge in [-0.1, -0.05) is 62.0 Å². The molecule has 8 N–H and O–H groups in total. The number of rotatable bonds is 6. The van der Waals surface area contributed by atoms with Crippen LogP contribution in [-0.4, -0.2) is 92.0 Å². The van der Waals surface area contributed by atoms with Crippen LogP contribution >= 0.6 is 0 Å². The molecule has 1 amide bonds. The number of aromatic nitrogens is 14. The van der Waals surface area contributed by atoms with E-state index in [0.29, 0.717) is 52.2 Å². The van der Waals surface area contributed by atoms with Crippen molar-refractivity contribution in [3.05, 3.63) is 83.4 Å². The van der Waals surface area contributed by atoms with Gasteiger partial charge in [-0.15, -0.1) is 0 Å². The number of imidazole rings is 3. The minimum Gasteiger partial charge on any atom is -0.383 e. The van der Waals surface area contributed by atoms with Gasteiger partial charge in [0.15, 0.2) is 39.9 Å². The zero-order chi connectivity index (χ0) is 49.3. The molecule has 1 aliphatic rings. The van der Waals surface area contributed by atoms with Gasteiger partial charge in [-0.05, 0) is 25.7 Å². The highest BCUT2D eigenvalue weighted by molar-refractivity contribution is 5.95. The predicted molar refractivity (Wildman–Crippen MR) is 261 cm³/mol. The summed E-state index contributed by atoms with van der Waals surface area (Å²) in [7, 11) is 9.29. The Labute approximate surface area is 384 Å². The lowest BCUT2D eigenvalue weighted by Gasteiger charge is -2.26. The Kier molecular flexibility index (Phi) is 17.0. The fourth-order valence-electron chi connectivity index (χ4n) is 6.25. The minimum absolute atomic E-state index is 0.0342. The molecule has 7 aromatic heterocycles. The molecule has 0 saturated heterocycles. The highest BCUT2D eigenvalue weighted by atomic mass is 16.2. The second-order valence-electron chi connectivity index (χ2n) is 17.2. The number of anilines is 4. The molecule has 0 unspecified atom stereocenters. The third-order valence-corrected chi connectivity index (χ3v) is 9.95. The average Bonchev–Trinajstić information content (AvgIpc) is 3.93. The molecule has 0 atom stereocenters. The fraction of sp³-hybridized carbons (Fsp3) is 0.455. The number of nitrogens with zero attached hydrogens (tertiary/aromatic N) is 15. The first-order valence-corrected chi connectivity index (χ1v) is 21.5. The van der Waals surface area contributed by atoms with Crippen molar-refractivity contribution in [2.45, 2.75) is 93.0 Å². The number of amides is 1. The van der Waals surface area contributed by atoms with E-state index in [4.69, 9.17) is 17.2 Å². The number of nitrogens with two attached hydrogens (primary N) is 3. The zero-order valence-corrected chi connectivity index (χ0v) is 40.8. The normalized spacial score (nSPS) is 12.4. The van der Waals surface area contributed by atoms with Crippen molar-refractivity contribution < 1.29 is 4.79 Å². The van der Waals surface area contributed by atoms with Gasteiger partial charge in [-0.3, -0.25) is 4.79 Å². The van der Waals surface area contributed by atoms with Gasteiger partial charge in [0.2, 0.25) is 0 Å². The largest absolute Gasteiger partial charge is 0.383 e. The number of aryl methyl sites for hydroxylation is 4. The van der Waals surface area contributed by atoms with Crippen LogP contribution in [0.5, 0.6) is 0 Å². The number of nitrogens with one attached hydrogen (secondary N) is 2. The lowest BCUT2D eigenvalue weighted by atomic mass is 10.0. The smallest absolute Gasteiger partial charge is 0.349 e. The van der Waals surface area contributed by atoms with Crippen molar-refractivity contribution in [2.75, 3.05) is 29.6 Å². The monoisotopic (exact) mass is 907 g/mol. The summed E-state index contributed by atoms with van der Waals surface area (Å²) in [6, 6.07) is 0.343. The average molecular weight is 907 g/mol. The summed E-state index contributed by atoms with van der Waals surface area (Å²) in [5.41, 5.74) is 23.1. The molecular formula is C44H66N20O2. The number of carbonyl (C=O) groups is 1. The van der Waals surface area contributed by atoms with Crippen LogP contribution in [0.25, 0.3) is 33.5 Å². The SMILES string of the molecule is C=C1NC(=O)C(C(C)C)=CN1C.CC(C)Nc1ncnc2c1ncn2C.CC(C)c1cn(C)c(=O)nc1N.CC(C)c1nc(N)c2ncn(C)c2n1.CC(C)c1nc2c(N)ncnc2n1C. The van der Waals surface area contributed by atoms with Crippen LogP contribution in [0, 0.1) is 5.92 Å². The van der Waals surface area contributed by atoms with E-state index in [1.807, 2.05) is 94.5 Å². The van der Waals surface area contributed by atoms with E-state index in [0.717, 1.165) is 51.1 Å². The Morgan fingerprint density at radius 2 is 1.21 bits per heavy atom. The maximum absolute atomic E-state index is 11.3. The zero-order valence-electron chi connectivity index (χ0n) is 40.8. The molecule has 22 nitrogen and oxygen atoms in total. The van der Waals surface area contributed by atoms with Gasteiger partial charge in [0.05, 0.1) is 12.7 Å². The second kappa shape index (κ2) is 21.9. The van der Waals surface area contributed by atoms with Crippen LogP contribution in [-0.2, 0) is 33.0 Å². The summed E-state index contributed by atoms with van der Waals surface area (Å²) in [5, 5.41) is 5.92. The molecule has 8 heterocycles. The standard InChI is InChI=1S/3C9H13N5.C9H14N2O.C8H13N3O/c1-6(2)13-8-7-9(11-4-10-8)14(3)5-12-7;1-5(2)8-13-6-7(10)11-4-12-9(6)14(8)3;1-5(2)8-12-7(10)6-9(13-8)14(3)4-11-6;1-6(2)8-5-11(4)7(3)10-9(8)12;1-5(2)6-4-11(3)8(12)10-7(6)9/h4-6H,1-3H3,(H,10,11,13);4-5H,1-3H3,(H2,10,11,12);4-5H,1-3H3,(H2,10,12,13);5-6H,3H2,1-2,4H3,(H,10,12);4-5H,1-3H3,(H2,9,10,12). The summed E-state index contributed by atoms with van der Waals surface area (Å²) in [4.78, 5) is 65.6. The van der Waals surface area contributed by atoms with Gasteiger partial charge < -0.3 is 51.0 Å². The Hall–Kier alpha value is -7.52. The minimum atomic E-state index is -0.308. The Balaban J connectivity index is 0.000000181. The number of nitrogen functional groups attached to an aromatic ring is 3. The quantitative estimate of drug-likeness (QED) is 0.149. The summed E-state index contributed by atoms with van der Waals surface area (Å²) in [5.74, 6) is 5.55. The molecule has 0 saturated carbocycles. The molecule has 0 fully saturated rings. The van der Waals surface area contributed by atoms with Gasteiger partial charge in [-0.2, -0.15) is 4.98 Å². The molecular weight excluding hydrogens is 841 g/mol. The third-order valence-electron chi connectivity index (χ3n) is 9.95. The fourth-order valence-corrected chi connectivity index (χ4v) is 6.25. The maximum Gasteiger partial charge on any atom is 0.349 e. The number of hydrogen-bond acceptors (Lipinski definition) is 17. The second-order valence-corrected chi connectivity index (χ2v) is 17.2. The predicted octanol–water partition coefficient (Wildman–Crippen LogP) is 4.87. The van der Waals surface area contributed by atoms with Crippen LogP contribution in [0.2, 0.25) is 0 Å². The lowest BCUT2D eigenvalue weighted by molar-refractivity contribution is -0.118. The number of carbonyl (C=O) groups excluding carboxylic acids is 1. The highest BCUT2D eigenvalue weighted by Gasteiger charge is 2.20. The molecule has 0 aliphatic carbocycles. The summed E-state index contributed by atoms with van der Waals surface area (Å²) < 4.78 is 7.12. The van der Waals surface area contributed by atoms with Crippen LogP contribution in [0.1, 0.15) is 104 Å². The summed E-state index contributed by atoms with van der Waals surface area (Å²) in [6.07, 6.45) is 10.0. The molecule has 1 aliphatic heterocycles. The highest BCUT2D eigenvalue weighted by Crippen LogP contribution is 2.22. The van der Waals surface area contributed by atoms with Crippen LogP contribution in [0.4, 0.5) is 23.3 Å². The van der Waals surface area contributed by atoms with E-state index in [-0.39, 0.29) is 23.4 Å². The van der Waals surface area contributed by atoms with Crippen molar-refractivity contribution in [1.29, 1.82) is 0 Å². The van der Waals surface area contributed by atoms with E-state index >= 15 is 0 Å². The topological polar surface area (TPSA) is 288 Å². The molecule has 66 heavy (non-hydrogen) atoms. The van der Waals surface area contributed by atoms with Crippen LogP contribution < -0.4 is 33.5 Å². The maximum atomic E-state index is 11.3. The van der Waals surface area contributed by atoms with Crippen molar-refractivity contribution in [2.24, 2.45) is 34.1 Å². The van der Waals surface area contributed by atoms with E-state index in [2.05, 4.69) is 94.7 Å². The first kappa shape index (κ1) is 51.1.